The second kappa shape index (κ2) is 5.54. The summed E-state index contributed by atoms with van der Waals surface area (Å²) >= 11 is 0. The van der Waals surface area contributed by atoms with E-state index < -0.39 is 16.0 Å². The molecule has 1 aromatic heterocycles. The Labute approximate surface area is 127 Å². The minimum absolute atomic E-state index is 0.0141. The first-order chi connectivity index (χ1) is 10.5. The Morgan fingerprint density at radius 2 is 1.91 bits per heavy atom. The Bertz CT molecular complexity index is 794. The van der Waals surface area contributed by atoms with Gasteiger partial charge >= 0.3 is 5.97 Å². The van der Waals surface area contributed by atoms with E-state index in [4.69, 9.17) is 0 Å². The molecule has 1 N–H and O–H groups in total. The molecule has 0 radical (unpaired) electrons. The molecule has 0 unspecified atom stereocenters. The maximum absolute atomic E-state index is 12.6. The molecule has 116 valence electrons. The van der Waals surface area contributed by atoms with Crippen LogP contribution < -0.4 is 0 Å². The topological polar surface area (TPSA) is 92.5 Å². The van der Waals surface area contributed by atoms with Crippen LogP contribution in [0.4, 0.5) is 0 Å². The van der Waals surface area contributed by atoms with Crippen LogP contribution in [0.25, 0.3) is 5.69 Å². The fraction of sp³-hybridized carbons (Fsp3) is 0.286. The number of carboxylic acid groups (broad SMARTS) is 1. The highest BCUT2D eigenvalue weighted by molar-refractivity contribution is 7.89. The summed E-state index contributed by atoms with van der Waals surface area (Å²) in [7, 11) is -3.68. The number of rotatable bonds is 4. The number of hydrogen-bond acceptors (Lipinski definition) is 4. The largest absolute Gasteiger partial charge is 0.478 e. The normalized spacial score (nSPS) is 16.0. The van der Waals surface area contributed by atoms with Gasteiger partial charge in [0, 0.05) is 25.5 Å². The SMILES string of the molecule is O=C(O)c1cc(-n2cccn2)cc(S(=O)(=O)N2CCCC2)c1. The molecule has 1 aromatic carbocycles. The summed E-state index contributed by atoms with van der Waals surface area (Å²) in [4.78, 5) is 11.3. The van der Waals surface area contributed by atoms with Gasteiger partial charge in [0.1, 0.15) is 0 Å². The lowest BCUT2D eigenvalue weighted by Gasteiger charge is -2.16. The van der Waals surface area contributed by atoms with E-state index in [-0.39, 0.29) is 10.5 Å². The van der Waals surface area contributed by atoms with E-state index in [0.29, 0.717) is 18.8 Å². The number of carbonyl (C=O) groups is 1. The van der Waals surface area contributed by atoms with Gasteiger partial charge in [-0.3, -0.25) is 0 Å². The lowest BCUT2D eigenvalue weighted by atomic mass is 10.2. The Kier molecular flexibility index (Phi) is 3.71. The molecular weight excluding hydrogens is 306 g/mol. The number of nitrogens with zero attached hydrogens (tertiary/aromatic N) is 3. The van der Waals surface area contributed by atoms with Crippen molar-refractivity contribution in [1.82, 2.24) is 14.1 Å². The quantitative estimate of drug-likeness (QED) is 0.918. The van der Waals surface area contributed by atoms with Gasteiger partial charge in [0.05, 0.1) is 16.1 Å². The predicted molar refractivity (Wildman–Crippen MR) is 78.5 cm³/mol. The first kappa shape index (κ1) is 14.7. The van der Waals surface area contributed by atoms with E-state index in [0.717, 1.165) is 12.8 Å². The van der Waals surface area contributed by atoms with Crippen LogP contribution in [-0.4, -0.2) is 46.7 Å². The zero-order valence-corrected chi connectivity index (χ0v) is 12.5. The molecule has 22 heavy (non-hydrogen) atoms. The Hall–Kier alpha value is -2.19. The van der Waals surface area contributed by atoms with Gasteiger partial charge < -0.3 is 5.11 Å². The van der Waals surface area contributed by atoms with Crippen molar-refractivity contribution in [2.75, 3.05) is 13.1 Å². The number of hydrogen-bond donors (Lipinski definition) is 1. The molecule has 0 atom stereocenters. The van der Waals surface area contributed by atoms with Crippen molar-refractivity contribution in [1.29, 1.82) is 0 Å². The van der Waals surface area contributed by atoms with Gasteiger partial charge in [0.25, 0.3) is 0 Å². The minimum Gasteiger partial charge on any atom is -0.478 e. The summed E-state index contributed by atoms with van der Waals surface area (Å²) in [6.45, 7) is 0.938. The summed E-state index contributed by atoms with van der Waals surface area (Å²) in [6.07, 6.45) is 4.82. The monoisotopic (exact) mass is 321 g/mol. The summed E-state index contributed by atoms with van der Waals surface area (Å²) in [5.74, 6) is -1.17. The molecule has 1 aliphatic rings. The maximum atomic E-state index is 12.6. The van der Waals surface area contributed by atoms with Gasteiger partial charge in [-0.15, -0.1) is 0 Å². The van der Waals surface area contributed by atoms with Crippen LogP contribution in [0.5, 0.6) is 0 Å². The lowest BCUT2D eigenvalue weighted by molar-refractivity contribution is 0.0696. The summed E-state index contributed by atoms with van der Waals surface area (Å²) < 4.78 is 28.1. The Morgan fingerprint density at radius 3 is 2.50 bits per heavy atom. The predicted octanol–water partition coefficient (Wildman–Crippen LogP) is 1.35. The first-order valence-electron chi connectivity index (χ1n) is 6.87. The minimum atomic E-state index is -3.68. The van der Waals surface area contributed by atoms with Crippen molar-refractivity contribution >= 4 is 16.0 Å². The molecule has 1 saturated heterocycles. The third-order valence-electron chi connectivity index (χ3n) is 3.61. The first-order valence-corrected chi connectivity index (χ1v) is 8.31. The van der Waals surface area contributed by atoms with E-state index in [1.807, 2.05) is 0 Å². The molecule has 1 fully saturated rings. The van der Waals surface area contributed by atoms with Crippen molar-refractivity contribution in [3.05, 3.63) is 42.2 Å². The second-order valence-electron chi connectivity index (χ2n) is 5.08. The molecule has 0 spiro atoms. The molecule has 2 aromatic rings. The summed E-state index contributed by atoms with van der Waals surface area (Å²) in [5.41, 5.74) is 0.327. The maximum Gasteiger partial charge on any atom is 0.335 e. The van der Waals surface area contributed by atoms with E-state index in [1.165, 1.54) is 27.2 Å². The van der Waals surface area contributed by atoms with Gasteiger partial charge in [0.2, 0.25) is 10.0 Å². The lowest BCUT2D eigenvalue weighted by Crippen LogP contribution is -2.28. The molecule has 0 bridgehead atoms. The van der Waals surface area contributed by atoms with E-state index in [2.05, 4.69) is 5.10 Å². The smallest absolute Gasteiger partial charge is 0.335 e. The molecule has 3 rings (SSSR count). The van der Waals surface area contributed by atoms with Crippen molar-refractivity contribution in [3.63, 3.8) is 0 Å². The van der Waals surface area contributed by atoms with E-state index >= 15 is 0 Å². The third kappa shape index (κ3) is 2.62. The van der Waals surface area contributed by atoms with Gasteiger partial charge in [-0.25, -0.2) is 17.9 Å². The standard InChI is InChI=1S/C14H15N3O4S/c18-14(19)11-8-12(17-7-3-4-15-17)10-13(9-11)22(20,21)16-5-1-2-6-16/h3-4,7-10H,1-2,5-6H2,(H,18,19). The van der Waals surface area contributed by atoms with Gasteiger partial charge in [-0.05, 0) is 37.1 Å². The zero-order chi connectivity index (χ0) is 15.7. The van der Waals surface area contributed by atoms with Gasteiger partial charge in [0.15, 0.2) is 0 Å². The number of carboxylic acids is 1. The highest BCUT2D eigenvalue weighted by Crippen LogP contribution is 2.24. The Balaban J connectivity index is 2.13. The molecule has 0 amide bonds. The van der Waals surface area contributed by atoms with Crippen LogP contribution in [-0.2, 0) is 10.0 Å². The number of aromatic nitrogens is 2. The van der Waals surface area contributed by atoms with E-state index in [1.54, 1.807) is 18.5 Å². The molecule has 2 heterocycles. The highest BCUT2D eigenvalue weighted by atomic mass is 32.2. The summed E-state index contributed by atoms with van der Waals surface area (Å²) in [5, 5.41) is 13.2. The molecule has 0 aliphatic carbocycles. The van der Waals surface area contributed by atoms with Crippen LogP contribution >= 0.6 is 0 Å². The average Bonchev–Trinajstić information content (AvgIpc) is 3.20. The fourth-order valence-corrected chi connectivity index (χ4v) is 4.07. The van der Waals surface area contributed by atoms with E-state index in [9.17, 15) is 18.3 Å². The van der Waals surface area contributed by atoms with Gasteiger partial charge in [-0.2, -0.15) is 9.40 Å². The molecule has 7 nitrogen and oxygen atoms in total. The van der Waals surface area contributed by atoms with Crippen LogP contribution in [0.15, 0.2) is 41.6 Å². The number of sulfonamides is 1. The second-order valence-corrected chi connectivity index (χ2v) is 7.02. The third-order valence-corrected chi connectivity index (χ3v) is 5.49. The number of aromatic carboxylic acids is 1. The average molecular weight is 321 g/mol. The Morgan fingerprint density at radius 1 is 1.18 bits per heavy atom. The highest BCUT2D eigenvalue weighted by Gasteiger charge is 2.28. The van der Waals surface area contributed by atoms with Crippen molar-refractivity contribution in [3.8, 4) is 5.69 Å². The molecule has 0 saturated carbocycles. The van der Waals surface area contributed by atoms with Crippen LogP contribution in [0.1, 0.15) is 23.2 Å². The van der Waals surface area contributed by atoms with Crippen molar-refractivity contribution in [2.45, 2.75) is 17.7 Å². The van der Waals surface area contributed by atoms with Crippen LogP contribution in [0.2, 0.25) is 0 Å². The van der Waals surface area contributed by atoms with Gasteiger partial charge in [-0.1, -0.05) is 0 Å². The zero-order valence-electron chi connectivity index (χ0n) is 11.7. The van der Waals surface area contributed by atoms with Crippen LogP contribution in [0.3, 0.4) is 0 Å². The fourth-order valence-electron chi connectivity index (χ4n) is 2.49. The number of benzene rings is 1. The molecule has 1 aliphatic heterocycles. The van der Waals surface area contributed by atoms with Crippen molar-refractivity contribution in [2.24, 2.45) is 0 Å². The summed E-state index contributed by atoms with van der Waals surface area (Å²) in [6, 6.07) is 5.73. The molecule has 8 heteroatoms. The molecular formula is C14H15N3O4S. The van der Waals surface area contributed by atoms with Crippen LogP contribution in [0, 0.1) is 0 Å². The van der Waals surface area contributed by atoms with Crippen molar-refractivity contribution < 1.29 is 18.3 Å².